The molecule has 0 unspecified atom stereocenters. The van der Waals surface area contributed by atoms with Crippen LogP contribution in [0.2, 0.25) is 0 Å². The molecule has 0 saturated carbocycles. The number of nitrogens with one attached hydrogen (secondary N) is 2. The van der Waals surface area contributed by atoms with Crippen LogP contribution in [0.5, 0.6) is 0 Å². The fourth-order valence-electron chi connectivity index (χ4n) is 2.58. The van der Waals surface area contributed by atoms with E-state index < -0.39 is 6.04 Å². The molecule has 0 bridgehead atoms. The third-order valence-corrected chi connectivity index (χ3v) is 4.04. The van der Waals surface area contributed by atoms with E-state index in [9.17, 15) is 4.79 Å². The predicted octanol–water partition coefficient (Wildman–Crippen LogP) is 3.01. The summed E-state index contributed by atoms with van der Waals surface area (Å²) in [6, 6.07) is 12.3. The summed E-state index contributed by atoms with van der Waals surface area (Å²) in [5, 5.41) is 13.6. The Kier molecular flexibility index (Phi) is 4.44. The van der Waals surface area contributed by atoms with Crippen LogP contribution in [0.3, 0.4) is 0 Å². The van der Waals surface area contributed by atoms with Crippen molar-refractivity contribution >= 4 is 5.91 Å². The average molecular weight is 360 g/mol. The summed E-state index contributed by atoms with van der Waals surface area (Å²) in [5.41, 5.74) is 3.14. The molecule has 4 rings (SSSR count). The van der Waals surface area contributed by atoms with Crippen LogP contribution in [0.25, 0.3) is 22.6 Å². The number of hydrogen-bond donors (Lipinski definition) is 2. The van der Waals surface area contributed by atoms with Gasteiger partial charge in [-0.1, -0.05) is 17.3 Å². The molecule has 8 heteroatoms. The molecule has 0 saturated heterocycles. The lowest BCUT2D eigenvalue weighted by molar-refractivity contribution is 0.0932. The van der Waals surface area contributed by atoms with Gasteiger partial charge in [-0.05, 0) is 42.8 Å². The highest BCUT2D eigenvalue weighted by atomic mass is 16.5. The topological polar surface area (TPSA) is 110 Å². The van der Waals surface area contributed by atoms with Crippen molar-refractivity contribution < 1.29 is 9.32 Å². The zero-order valence-electron chi connectivity index (χ0n) is 14.5. The van der Waals surface area contributed by atoms with Crippen molar-refractivity contribution in [2.75, 3.05) is 0 Å². The van der Waals surface area contributed by atoms with E-state index in [2.05, 4.69) is 30.6 Å². The van der Waals surface area contributed by atoms with Crippen LogP contribution in [-0.4, -0.2) is 31.2 Å². The number of carbonyl (C=O) groups excluding carboxylic acids is 1. The molecule has 3 aromatic heterocycles. The van der Waals surface area contributed by atoms with Crippen molar-refractivity contribution in [3.8, 4) is 22.6 Å². The summed E-state index contributed by atoms with van der Waals surface area (Å²) in [6.45, 7) is 1.79. The lowest BCUT2D eigenvalue weighted by atomic mass is 10.1. The number of aromatic amines is 1. The standard InChI is InChI=1S/C19H16N6O2/c1-12(19-23-17(25-27-19)15-3-2-9-20-11-15)22-18(26)14-6-4-13(5-7-14)16-8-10-21-24-16/h2-12H,1H3,(H,21,24)(H,22,26)/t12-/m0/s1. The van der Waals surface area contributed by atoms with Crippen molar-refractivity contribution in [3.05, 3.63) is 72.5 Å². The first kappa shape index (κ1) is 16.6. The Hall–Kier alpha value is -3.81. The first-order valence-electron chi connectivity index (χ1n) is 8.35. The van der Waals surface area contributed by atoms with Gasteiger partial charge in [0.1, 0.15) is 6.04 Å². The first-order chi connectivity index (χ1) is 13.2. The summed E-state index contributed by atoms with van der Waals surface area (Å²) in [7, 11) is 0. The molecule has 4 aromatic rings. The Balaban J connectivity index is 1.44. The highest BCUT2D eigenvalue weighted by Crippen LogP contribution is 2.19. The van der Waals surface area contributed by atoms with Gasteiger partial charge in [-0.2, -0.15) is 10.1 Å². The van der Waals surface area contributed by atoms with E-state index >= 15 is 0 Å². The first-order valence-corrected chi connectivity index (χ1v) is 8.35. The maximum Gasteiger partial charge on any atom is 0.251 e. The molecule has 1 amide bonds. The second-order valence-electron chi connectivity index (χ2n) is 5.94. The minimum atomic E-state index is -0.428. The van der Waals surface area contributed by atoms with E-state index in [-0.39, 0.29) is 5.91 Å². The van der Waals surface area contributed by atoms with Crippen LogP contribution < -0.4 is 5.32 Å². The van der Waals surface area contributed by atoms with Crippen LogP contribution in [0.1, 0.15) is 29.2 Å². The minimum absolute atomic E-state index is 0.222. The van der Waals surface area contributed by atoms with E-state index in [0.29, 0.717) is 17.3 Å². The number of amides is 1. The minimum Gasteiger partial charge on any atom is -0.341 e. The van der Waals surface area contributed by atoms with Gasteiger partial charge in [0.2, 0.25) is 11.7 Å². The van der Waals surface area contributed by atoms with Crippen molar-refractivity contribution in [1.82, 2.24) is 30.6 Å². The molecule has 134 valence electrons. The zero-order chi connectivity index (χ0) is 18.6. The van der Waals surface area contributed by atoms with Gasteiger partial charge in [0.05, 0.1) is 5.69 Å². The summed E-state index contributed by atoms with van der Waals surface area (Å²) >= 11 is 0. The maximum absolute atomic E-state index is 12.5. The average Bonchev–Trinajstić information content (AvgIpc) is 3.41. The monoisotopic (exact) mass is 360 g/mol. The fourth-order valence-corrected chi connectivity index (χ4v) is 2.58. The van der Waals surface area contributed by atoms with Crippen LogP contribution in [0, 0.1) is 0 Å². The molecule has 2 N–H and O–H groups in total. The van der Waals surface area contributed by atoms with E-state index in [1.165, 1.54) is 0 Å². The van der Waals surface area contributed by atoms with Crippen molar-refractivity contribution in [2.24, 2.45) is 0 Å². The molecular formula is C19H16N6O2. The zero-order valence-corrected chi connectivity index (χ0v) is 14.5. The van der Waals surface area contributed by atoms with Gasteiger partial charge in [0, 0.05) is 29.7 Å². The van der Waals surface area contributed by atoms with Crippen molar-refractivity contribution in [2.45, 2.75) is 13.0 Å². The summed E-state index contributed by atoms with van der Waals surface area (Å²) in [4.78, 5) is 20.8. The Bertz CT molecular complexity index is 1030. The number of H-pyrrole nitrogens is 1. The summed E-state index contributed by atoms with van der Waals surface area (Å²) < 4.78 is 5.27. The molecular weight excluding hydrogens is 344 g/mol. The number of benzene rings is 1. The van der Waals surface area contributed by atoms with Gasteiger partial charge >= 0.3 is 0 Å². The maximum atomic E-state index is 12.5. The largest absolute Gasteiger partial charge is 0.341 e. The molecule has 1 atom stereocenters. The highest BCUT2D eigenvalue weighted by molar-refractivity contribution is 5.94. The third kappa shape index (κ3) is 3.59. The number of rotatable bonds is 5. The van der Waals surface area contributed by atoms with Crippen LogP contribution in [0.4, 0.5) is 0 Å². The Morgan fingerprint density at radius 1 is 1.11 bits per heavy atom. The lowest BCUT2D eigenvalue weighted by Gasteiger charge is -2.10. The van der Waals surface area contributed by atoms with Gasteiger partial charge in [0.25, 0.3) is 5.91 Å². The van der Waals surface area contributed by atoms with E-state index in [4.69, 9.17) is 4.52 Å². The molecule has 3 heterocycles. The number of nitrogens with zero attached hydrogens (tertiary/aromatic N) is 4. The van der Waals surface area contributed by atoms with Gasteiger partial charge in [-0.3, -0.25) is 14.9 Å². The van der Waals surface area contributed by atoms with Crippen molar-refractivity contribution in [3.63, 3.8) is 0 Å². The molecule has 0 aliphatic heterocycles. The van der Waals surface area contributed by atoms with Gasteiger partial charge in [-0.25, -0.2) is 0 Å². The Labute approximate surface area is 154 Å². The highest BCUT2D eigenvalue weighted by Gasteiger charge is 2.18. The van der Waals surface area contributed by atoms with Crippen LogP contribution in [-0.2, 0) is 0 Å². The quantitative estimate of drug-likeness (QED) is 0.566. The number of hydrogen-bond acceptors (Lipinski definition) is 6. The Morgan fingerprint density at radius 3 is 2.67 bits per heavy atom. The molecule has 0 aliphatic carbocycles. The lowest BCUT2D eigenvalue weighted by Crippen LogP contribution is -2.26. The van der Waals surface area contributed by atoms with E-state index in [1.54, 1.807) is 43.7 Å². The third-order valence-electron chi connectivity index (χ3n) is 4.04. The summed E-state index contributed by atoms with van der Waals surface area (Å²) in [5.74, 6) is 0.541. The number of carbonyl (C=O) groups is 1. The Morgan fingerprint density at radius 2 is 1.96 bits per heavy atom. The van der Waals surface area contributed by atoms with E-state index in [1.807, 2.05) is 24.3 Å². The molecule has 0 radical (unpaired) electrons. The van der Waals surface area contributed by atoms with Crippen molar-refractivity contribution in [1.29, 1.82) is 0 Å². The number of aromatic nitrogens is 5. The fraction of sp³-hybridized carbons (Fsp3) is 0.105. The summed E-state index contributed by atoms with van der Waals surface area (Å²) in [6.07, 6.45) is 5.01. The van der Waals surface area contributed by atoms with Crippen LogP contribution in [0.15, 0.2) is 65.6 Å². The SMILES string of the molecule is C[C@H](NC(=O)c1ccc(-c2ccn[nH]2)cc1)c1nc(-c2cccnc2)no1. The van der Waals surface area contributed by atoms with Gasteiger partial charge in [-0.15, -0.1) is 0 Å². The van der Waals surface area contributed by atoms with Crippen LogP contribution >= 0.6 is 0 Å². The molecule has 0 aliphatic rings. The second kappa shape index (κ2) is 7.20. The molecule has 1 aromatic carbocycles. The molecule has 0 fully saturated rings. The molecule has 8 nitrogen and oxygen atoms in total. The van der Waals surface area contributed by atoms with E-state index in [0.717, 1.165) is 16.8 Å². The van der Waals surface area contributed by atoms with Gasteiger partial charge < -0.3 is 9.84 Å². The number of pyridine rings is 1. The predicted molar refractivity (Wildman–Crippen MR) is 97.4 cm³/mol. The normalized spacial score (nSPS) is 11.9. The molecule has 27 heavy (non-hydrogen) atoms. The molecule has 0 spiro atoms. The second-order valence-corrected chi connectivity index (χ2v) is 5.94. The smallest absolute Gasteiger partial charge is 0.251 e. The van der Waals surface area contributed by atoms with Gasteiger partial charge in [0.15, 0.2) is 0 Å².